The Morgan fingerprint density at radius 2 is 2.00 bits per heavy atom. The van der Waals surface area contributed by atoms with Gasteiger partial charge in [-0.15, -0.1) is 0 Å². The fraction of sp³-hybridized carbons (Fsp3) is 0.704. The molecule has 2 unspecified atom stereocenters. The van der Waals surface area contributed by atoms with E-state index in [2.05, 4.69) is 31.7 Å². The minimum absolute atomic E-state index is 0.0363. The van der Waals surface area contributed by atoms with Crippen molar-refractivity contribution >= 4 is 29.4 Å². The highest BCUT2D eigenvalue weighted by Crippen LogP contribution is 2.28. The second-order valence-electron chi connectivity index (χ2n) is 10.1. The number of nitrogens with zero attached hydrogens (tertiary/aromatic N) is 2. The van der Waals surface area contributed by atoms with E-state index >= 15 is 0 Å². The lowest BCUT2D eigenvalue weighted by molar-refractivity contribution is 0.169. The van der Waals surface area contributed by atoms with Crippen molar-refractivity contribution < 1.29 is 14.3 Å². The van der Waals surface area contributed by atoms with Crippen LogP contribution in [0.3, 0.4) is 0 Å². The average Bonchev–Trinajstić information content (AvgIpc) is 2.89. The molecule has 8 nitrogen and oxygen atoms in total. The molecule has 2 atom stereocenters. The van der Waals surface area contributed by atoms with Crippen molar-refractivity contribution in [2.75, 3.05) is 51.8 Å². The molecule has 1 aliphatic heterocycles. The molecule has 2 aliphatic rings. The van der Waals surface area contributed by atoms with Crippen LogP contribution in [0.2, 0.25) is 5.02 Å². The molecule has 1 aromatic rings. The number of halogens is 1. The van der Waals surface area contributed by atoms with E-state index in [-0.39, 0.29) is 18.1 Å². The molecule has 2 fully saturated rings. The zero-order valence-electron chi connectivity index (χ0n) is 21.9. The van der Waals surface area contributed by atoms with Gasteiger partial charge in [-0.25, -0.2) is 9.59 Å². The number of hydrogen-bond donors (Lipinski definition) is 3. The number of likely N-dealkylation sites (tertiary alicyclic amines) is 1. The number of ether oxygens (including phenoxy) is 1. The van der Waals surface area contributed by atoms with Crippen LogP contribution < -0.4 is 20.9 Å². The van der Waals surface area contributed by atoms with Crippen LogP contribution in [0.5, 0.6) is 0 Å². The molecule has 0 radical (unpaired) electrons. The number of carbonyl (C=O) groups is 2. The summed E-state index contributed by atoms with van der Waals surface area (Å²) in [5.41, 5.74) is 1.04. The van der Waals surface area contributed by atoms with E-state index in [1.807, 2.05) is 30.1 Å². The van der Waals surface area contributed by atoms with E-state index in [0.717, 1.165) is 51.0 Å². The summed E-state index contributed by atoms with van der Waals surface area (Å²) in [7, 11) is 3.32. The first-order valence-electron chi connectivity index (χ1n) is 13.5. The molecule has 0 aromatic heterocycles. The summed E-state index contributed by atoms with van der Waals surface area (Å²) in [6.45, 7) is 3.49. The molecule has 3 N–H and O–H groups in total. The quantitative estimate of drug-likeness (QED) is 0.370. The van der Waals surface area contributed by atoms with Gasteiger partial charge in [0.25, 0.3) is 0 Å². The van der Waals surface area contributed by atoms with Crippen molar-refractivity contribution in [1.82, 2.24) is 20.9 Å². The highest BCUT2D eigenvalue weighted by atomic mass is 35.5. The van der Waals surface area contributed by atoms with Gasteiger partial charge in [0.05, 0.1) is 7.11 Å². The zero-order chi connectivity index (χ0) is 25.8. The minimum atomic E-state index is -0.422. The van der Waals surface area contributed by atoms with Crippen LogP contribution in [0.1, 0.15) is 57.8 Å². The van der Waals surface area contributed by atoms with E-state index in [9.17, 15) is 9.59 Å². The number of methoxy groups -OCH3 is 1. The normalized spacial score (nSPS) is 19.4. The first-order valence-corrected chi connectivity index (χ1v) is 13.9. The Morgan fingerprint density at radius 1 is 1.19 bits per heavy atom. The number of carbonyl (C=O) groups excluding carboxylic acids is 2. The number of alkyl carbamates (subject to hydrolysis) is 1. The monoisotopic (exact) mass is 521 g/mol. The Bertz CT molecular complexity index is 820. The Hall–Kier alpha value is -2.19. The van der Waals surface area contributed by atoms with Crippen LogP contribution in [0.4, 0.5) is 15.3 Å². The first-order chi connectivity index (χ1) is 17.5. The number of rotatable bonds is 11. The first kappa shape index (κ1) is 28.4. The highest BCUT2D eigenvalue weighted by molar-refractivity contribution is 6.30. The van der Waals surface area contributed by atoms with Crippen LogP contribution in [0.15, 0.2) is 24.3 Å². The fourth-order valence-electron chi connectivity index (χ4n) is 5.61. The van der Waals surface area contributed by atoms with Crippen LogP contribution in [-0.2, 0) is 4.74 Å². The van der Waals surface area contributed by atoms with E-state index in [1.54, 1.807) is 0 Å². The molecule has 0 bridgehead atoms. The minimum Gasteiger partial charge on any atom is -0.453 e. The number of nitrogens with one attached hydrogen (secondary N) is 3. The lowest BCUT2D eigenvalue weighted by Gasteiger charge is -2.41. The number of likely N-dealkylation sites (N-methyl/N-ethyl adjacent to an activating group) is 1. The Labute approximate surface area is 221 Å². The van der Waals surface area contributed by atoms with Crippen molar-refractivity contribution in [3.05, 3.63) is 29.3 Å². The summed E-state index contributed by atoms with van der Waals surface area (Å²) < 4.78 is 4.67. The maximum atomic E-state index is 13.3. The number of benzene rings is 1. The van der Waals surface area contributed by atoms with Gasteiger partial charge in [0.1, 0.15) is 0 Å². The SMILES string of the molecule is CNCC(CC1CCCCC1)NC(=O)N1CCCC(N(CCCNC(=O)OC)c2cccc(Cl)c2)C1. The van der Waals surface area contributed by atoms with Crippen molar-refractivity contribution in [1.29, 1.82) is 0 Å². The van der Waals surface area contributed by atoms with Crippen molar-refractivity contribution in [3.8, 4) is 0 Å². The van der Waals surface area contributed by atoms with Crippen LogP contribution >= 0.6 is 11.6 Å². The van der Waals surface area contributed by atoms with Gasteiger partial charge < -0.3 is 30.5 Å². The standard InChI is InChI=1S/C27H44ClN5O3/c1-29-19-23(17-21-9-4-3-5-10-21)31-26(34)32-15-7-13-25(20-32)33(16-8-14-30-27(35)36-2)24-12-6-11-22(28)18-24/h6,11-12,18,21,23,25,29H,3-5,7-10,13-17,19-20H2,1-2H3,(H,30,35)(H,31,34). The molecule has 9 heteroatoms. The summed E-state index contributed by atoms with van der Waals surface area (Å²) in [5.74, 6) is 0.712. The number of amides is 3. The third kappa shape index (κ3) is 9.04. The summed E-state index contributed by atoms with van der Waals surface area (Å²) in [4.78, 5) is 29.1. The second-order valence-corrected chi connectivity index (χ2v) is 10.6. The van der Waals surface area contributed by atoms with E-state index in [1.165, 1.54) is 39.2 Å². The van der Waals surface area contributed by atoms with Crippen molar-refractivity contribution in [2.45, 2.75) is 69.9 Å². The molecular weight excluding hydrogens is 478 g/mol. The molecule has 3 amide bonds. The zero-order valence-corrected chi connectivity index (χ0v) is 22.7. The summed E-state index contributed by atoms with van der Waals surface area (Å²) in [6, 6.07) is 8.23. The van der Waals surface area contributed by atoms with Gasteiger partial charge in [-0.2, -0.15) is 0 Å². The summed E-state index contributed by atoms with van der Waals surface area (Å²) in [6.07, 6.45) is 9.87. The highest BCUT2D eigenvalue weighted by Gasteiger charge is 2.30. The topological polar surface area (TPSA) is 85.9 Å². The van der Waals surface area contributed by atoms with Crippen molar-refractivity contribution in [3.63, 3.8) is 0 Å². The largest absolute Gasteiger partial charge is 0.453 e. The maximum absolute atomic E-state index is 13.3. The lowest BCUT2D eigenvalue weighted by atomic mass is 9.85. The van der Waals surface area contributed by atoms with Gasteiger partial charge in [0, 0.05) is 55.5 Å². The van der Waals surface area contributed by atoms with Crippen LogP contribution in [0, 0.1) is 5.92 Å². The maximum Gasteiger partial charge on any atom is 0.406 e. The molecule has 3 rings (SSSR count). The van der Waals surface area contributed by atoms with E-state index < -0.39 is 6.09 Å². The van der Waals surface area contributed by atoms with E-state index in [0.29, 0.717) is 24.0 Å². The van der Waals surface area contributed by atoms with Crippen molar-refractivity contribution in [2.24, 2.45) is 5.92 Å². The number of piperidine rings is 1. The Kier molecular flexibility index (Phi) is 11.9. The van der Waals surface area contributed by atoms with Gasteiger partial charge in [-0.3, -0.25) is 0 Å². The van der Waals surface area contributed by atoms with E-state index in [4.69, 9.17) is 11.6 Å². The molecule has 1 saturated carbocycles. The molecule has 1 saturated heterocycles. The number of urea groups is 1. The van der Waals surface area contributed by atoms with Gasteiger partial charge in [0.2, 0.25) is 0 Å². The predicted molar refractivity (Wildman–Crippen MR) is 146 cm³/mol. The Balaban J connectivity index is 1.62. The second kappa shape index (κ2) is 15.2. The van der Waals surface area contributed by atoms with Gasteiger partial charge in [0.15, 0.2) is 0 Å². The van der Waals surface area contributed by atoms with Crippen LogP contribution in [0.25, 0.3) is 0 Å². The predicted octanol–water partition coefficient (Wildman–Crippen LogP) is 4.62. The third-order valence-electron chi connectivity index (χ3n) is 7.42. The average molecular weight is 522 g/mol. The molecule has 1 aliphatic carbocycles. The van der Waals surface area contributed by atoms with Gasteiger partial charge >= 0.3 is 12.1 Å². The molecule has 1 heterocycles. The Morgan fingerprint density at radius 3 is 2.72 bits per heavy atom. The van der Waals surface area contributed by atoms with Crippen LogP contribution in [-0.4, -0.2) is 76.0 Å². The molecule has 0 spiro atoms. The molecular formula is C27H44ClN5O3. The number of hydrogen-bond acceptors (Lipinski definition) is 5. The molecule has 36 heavy (non-hydrogen) atoms. The van der Waals surface area contributed by atoms with Gasteiger partial charge in [-0.05, 0) is 56.8 Å². The lowest BCUT2D eigenvalue weighted by Crippen LogP contribution is -2.55. The number of anilines is 1. The molecule has 1 aromatic carbocycles. The summed E-state index contributed by atoms with van der Waals surface area (Å²) in [5, 5.41) is 10.0. The smallest absolute Gasteiger partial charge is 0.406 e. The molecule has 202 valence electrons. The third-order valence-corrected chi connectivity index (χ3v) is 7.65. The fourth-order valence-corrected chi connectivity index (χ4v) is 5.80. The van der Waals surface area contributed by atoms with Gasteiger partial charge in [-0.1, -0.05) is 49.8 Å². The summed E-state index contributed by atoms with van der Waals surface area (Å²) >= 11 is 6.31.